The minimum atomic E-state index is -4.57. The van der Waals surface area contributed by atoms with E-state index in [1.807, 2.05) is 0 Å². The molecular weight excluding hydrogens is 468 g/mol. The number of pyridine rings is 1. The number of aliphatic hydroxyl groups excluding tert-OH is 1. The van der Waals surface area contributed by atoms with Gasteiger partial charge in [0.25, 0.3) is 0 Å². The first-order valence-corrected chi connectivity index (χ1v) is 10.5. The van der Waals surface area contributed by atoms with Crippen LogP contribution in [0, 0.1) is 5.92 Å². The fourth-order valence-corrected chi connectivity index (χ4v) is 3.61. The lowest BCUT2D eigenvalue weighted by Crippen LogP contribution is -2.46. The van der Waals surface area contributed by atoms with E-state index >= 15 is 0 Å². The number of amides is 1. The zero-order chi connectivity index (χ0) is 24.9. The molecule has 12 heteroatoms. The lowest BCUT2D eigenvalue weighted by molar-refractivity contribution is -0.138. The molecule has 2 unspecified atom stereocenters. The SMILES string of the molecule is O=C(NCC(O)COc1ccc(C(F)(F)F)cc1)C1CCCN(c2ncccc2C(F)(F)F)C1. The van der Waals surface area contributed by atoms with Gasteiger partial charge in [-0.05, 0) is 49.2 Å². The average molecular weight is 491 g/mol. The number of alkyl halides is 6. The van der Waals surface area contributed by atoms with Crippen molar-refractivity contribution >= 4 is 11.7 Å². The Bertz CT molecular complexity index is 966. The summed E-state index contributed by atoms with van der Waals surface area (Å²) in [4.78, 5) is 17.8. The lowest BCUT2D eigenvalue weighted by atomic mass is 9.96. The number of nitrogens with zero attached hydrogens (tertiary/aromatic N) is 2. The highest BCUT2D eigenvalue weighted by Crippen LogP contribution is 2.36. The Morgan fingerprint density at radius 3 is 2.50 bits per heavy atom. The van der Waals surface area contributed by atoms with E-state index in [9.17, 15) is 36.2 Å². The highest BCUT2D eigenvalue weighted by molar-refractivity contribution is 5.79. The minimum Gasteiger partial charge on any atom is -0.491 e. The van der Waals surface area contributed by atoms with Crippen LogP contribution in [0.4, 0.5) is 32.2 Å². The third-order valence-corrected chi connectivity index (χ3v) is 5.32. The van der Waals surface area contributed by atoms with E-state index in [0.29, 0.717) is 19.4 Å². The molecule has 1 aliphatic heterocycles. The van der Waals surface area contributed by atoms with Gasteiger partial charge in [0.05, 0.1) is 17.0 Å². The Kier molecular flexibility index (Phi) is 7.90. The molecule has 2 heterocycles. The van der Waals surface area contributed by atoms with Crippen LogP contribution >= 0.6 is 0 Å². The maximum atomic E-state index is 13.3. The molecule has 0 spiro atoms. The number of piperidine rings is 1. The molecule has 1 aliphatic rings. The molecule has 1 fully saturated rings. The topological polar surface area (TPSA) is 74.7 Å². The average Bonchev–Trinajstić information content (AvgIpc) is 2.80. The summed E-state index contributed by atoms with van der Waals surface area (Å²) in [5.74, 6) is -1.13. The summed E-state index contributed by atoms with van der Waals surface area (Å²) >= 11 is 0. The molecule has 1 aromatic carbocycles. The summed E-state index contributed by atoms with van der Waals surface area (Å²) in [7, 11) is 0. The molecule has 3 rings (SSSR count). The second-order valence-electron chi connectivity index (χ2n) is 7.89. The van der Waals surface area contributed by atoms with Crippen molar-refractivity contribution in [2.75, 3.05) is 31.1 Å². The van der Waals surface area contributed by atoms with E-state index in [1.165, 1.54) is 17.2 Å². The van der Waals surface area contributed by atoms with Crippen molar-refractivity contribution < 1.29 is 41.0 Å². The summed E-state index contributed by atoms with van der Waals surface area (Å²) in [6.07, 6.45) is -7.96. The van der Waals surface area contributed by atoms with Crippen molar-refractivity contribution in [1.82, 2.24) is 10.3 Å². The zero-order valence-electron chi connectivity index (χ0n) is 17.9. The first kappa shape index (κ1) is 25.6. The first-order valence-electron chi connectivity index (χ1n) is 10.5. The number of hydrogen-bond donors (Lipinski definition) is 2. The molecule has 1 aromatic heterocycles. The van der Waals surface area contributed by atoms with Crippen molar-refractivity contribution in [2.24, 2.45) is 5.92 Å². The maximum absolute atomic E-state index is 13.3. The third-order valence-electron chi connectivity index (χ3n) is 5.32. The van der Waals surface area contributed by atoms with Crippen LogP contribution in [0.25, 0.3) is 0 Å². The summed E-state index contributed by atoms with van der Waals surface area (Å²) in [5.41, 5.74) is -1.70. The van der Waals surface area contributed by atoms with Gasteiger partial charge in [-0.3, -0.25) is 4.79 Å². The van der Waals surface area contributed by atoms with E-state index < -0.39 is 41.4 Å². The van der Waals surface area contributed by atoms with E-state index in [4.69, 9.17) is 4.74 Å². The molecule has 0 saturated carbocycles. The van der Waals surface area contributed by atoms with Gasteiger partial charge in [-0.25, -0.2) is 4.98 Å². The van der Waals surface area contributed by atoms with Crippen LogP contribution in [0.3, 0.4) is 0 Å². The van der Waals surface area contributed by atoms with Gasteiger partial charge in [0.2, 0.25) is 5.91 Å². The molecule has 2 aromatic rings. The largest absolute Gasteiger partial charge is 0.491 e. The van der Waals surface area contributed by atoms with Gasteiger partial charge in [-0.1, -0.05) is 0 Å². The number of halogens is 6. The molecule has 6 nitrogen and oxygen atoms in total. The molecule has 2 N–H and O–H groups in total. The van der Waals surface area contributed by atoms with Gasteiger partial charge in [0, 0.05) is 25.8 Å². The molecule has 0 radical (unpaired) electrons. The van der Waals surface area contributed by atoms with Crippen LogP contribution in [0.5, 0.6) is 5.75 Å². The van der Waals surface area contributed by atoms with E-state index in [0.717, 1.165) is 30.3 Å². The molecule has 0 bridgehead atoms. The number of nitrogens with one attached hydrogen (secondary N) is 1. The summed E-state index contributed by atoms with van der Waals surface area (Å²) in [6, 6.07) is 6.09. The Morgan fingerprint density at radius 1 is 1.15 bits per heavy atom. The fourth-order valence-electron chi connectivity index (χ4n) is 3.61. The molecule has 34 heavy (non-hydrogen) atoms. The molecule has 0 aliphatic carbocycles. The van der Waals surface area contributed by atoms with Gasteiger partial charge in [0.1, 0.15) is 24.3 Å². The molecule has 2 atom stereocenters. The van der Waals surface area contributed by atoms with Crippen LogP contribution in [0.2, 0.25) is 0 Å². The highest BCUT2D eigenvalue weighted by atomic mass is 19.4. The highest BCUT2D eigenvalue weighted by Gasteiger charge is 2.37. The smallest absolute Gasteiger partial charge is 0.419 e. The van der Waals surface area contributed by atoms with Gasteiger partial charge in [-0.2, -0.15) is 26.3 Å². The van der Waals surface area contributed by atoms with Crippen LogP contribution in [0.1, 0.15) is 24.0 Å². The second-order valence-corrected chi connectivity index (χ2v) is 7.89. The minimum absolute atomic E-state index is 0.0457. The van der Waals surface area contributed by atoms with Crippen molar-refractivity contribution in [1.29, 1.82) is 0 Å². The molecule has 186 valence electrons. The monoisotopic (exact) mass is 491 g/mol. The predicted octanol–water partition coefficient (Wildman–Crippen LogP) is 3.89. The van der Waals surface area contributed by atoms with Crippen LogP contribution in [-0.2, 0) is 17.1 Å². The fraction of sp³-hybridized carbons (Fsp3) is 0.455. The van der Waals surface area contributed by atoms with E-state index in [1.54, 1.807) is 0 Å². The Morgan fingerprint density at radius 2 is 1.85 bits per heavy atom. The number of anilines is 1. The van der Waals surface area contributed by atoms with Crippen LogP contribution in [-0.4, -0.2) is 48.3 Å². The molecular formula is C22H23F6N3O3. The first-order chi connectivity index (χ1) is 15.9. The van der Waals surface area contributed by atoms with Crippen LogP contribution in [0.15, 0.2) is 42.6 Å². The number of benzene rings is 1. The predicted molar refractivity (Wildman–Crippen MR) is 110 cm³/mol. The second kappa shape index (κ2) is 10.5. The van der Waals surface area contributed by atoms with Crippen molar-refractivity contribution in [2.45, 2.75) is 31.3 Å². The van der Waals surface area contributed by atoms with E-state index in [-0.39, 0.29) is 31.3 Å². The number of rotatable bonds is 7. The van der Waals surface area contributed by atoms with Gasteiger partial charge in [-0.15, -0.1) is 0 Å². The van der Waals surface area contributed by atoms with E-state index in [2.05, 4.69) is 10.3 Å². The molecule has 1 saturated heterocycles. The van der Waals surface area contributed by atoms with Crippen molar-refractivity contribution in [3.8, 4) is 5.75 Å². The third kappa shape index (κ3) is 6.75. The zero-order valence-corrected chi connectivity index (χ0v) is 17.9. The normalized spacial score (nSPS) is 17.9. The summed E-state index contributed by atoms with van der Waals surface area (Å²) in [6.45, 7) is -0.0871. The lowest BCUT2D eigenvalue weighted by Gasteiger charge is -2.34. The van der Waals surface area contributed by atoms with Crippen molar-refractivity contribution in [3.63, 3.8) is 0 Å². The molecule has 1 amide bonds. The number of aromatic nitrogens is 1. The standard InChI is InChI=1S/C22H23F6N3O3/c23-21(24,25)15-5-7-17(8-6-15)34-13-16(32)11-30-20(33)14-3-2-10-31(12-14)19-18(22(26,27)28)4-1-9-29-19/h1,4-9,14,16,32H,2-3,10-13H2,(H,30,33). The number of ether oxygens (including phenoxy) is 1. The Hall–Kier alpha value is -3.02. The Balaban J connectivity index is 1.49. The van der Waals surface area contributed by atoms with Crippen molar-refractivity contribution in [3.05, 3.63) is 53.7 Å². The quantitative estimate of drug-likeness (QED) is 0.575. The maximum Gasteiger partial charge on any atom is 0.419 e. The van der Waals surface area contributed by atoms with Crippen LogP contribution < -0.4 is 15.0 Å². The van der Waals surface area contributed by atoms with Gasteiger partial charge < -0.3 is 20.1 Å². The van der Waals surface area contributed by atoms with Gasteiger partial charge >= 0.3 is 12.4 Å². The number of carbonyl (C=O) groups is 1. The number of hydrogen-bond acceptors (Lipinski definition) is 5. The number of carbonyl (C=O) groups excluding carboxylic acids is 1. The summed E-state index contributed by atoms with van der Waals surface area (Å²) in [5, 5.41) is 12.6. The van der Waals surface area contributed by atoms with Gasteiger partial charge in [0.15, 0.2) is 0 Å². The summed E-state index contributed by atoms with van der Waals surface area (Å²) < 4.78 is 82.9. The number of aliphatic hydroxyl groups is 1. The Labute approximate surface area is 191 Å².